The number of ether oxygens (including phenoxy) is 1. The molecule has 2 aliphatic rings. The molecular weight excluding hydrogens is 444 g/mol. The number of rotatable bonds is 11. The summed E-state index contributed by atoms with van der Waals surface area (Å²) < 4.78 is 5.60. The number of fused-ring (bicyclic) bond motifs is 3. The highest BCUT2D eigenvalue weighted by molar-refractivity contribution is 5.79. The molecule has 0 saturated heterocycles. The van der Waals surface area contributed by atoms with Crippen LogP contribution in [0.15, 0.2) is 48.5 Å². The Labute approximate surface area is 206 Å². The van der Waals surface area contributed by atoms with Gasteiger partial charge in [-0.2, -0.15) is 0 Å². The number of aliphatic carboxylic acids is 1. The normalized spacial score (nSPS) is 19.1. The molecule has 186 valence electrons. The molecular formula is C28H34N2O5. The molecule has 0 aliphatic heterocycles. The quantitative estimate of drug-likeness (QED) is 0.429. The number of carboxylic acid groups (broad SMARTS) is 1. The third-order valence-corrected chi connectivity index (χ3v) is 7.07. The number of carbonyl (C=O) groups excluding carboxylic acids is 2. The van der Waals surface area contributed by atoms with Crippen molar-refractivity contribution in [2.75, 3.05) is 6.61 Å². The summed E-state index contributed by atoms with van der Waals surface area (Å²) >= 11 is 0. The first-order chi connectivity index (χ1) is 16.9. The highest BCUT2D eigenvalue weighted by Crippen LogP contribution is 2.44. The van der Waals surface area contributed by atoms with Crippen LogP contribution in [-0.2, 0) is 14.3 Å². The van der Waals surface area contributed by atoms with Gasteiger partial charge < -0.3 is 20.5 Å². The molecule has 7 nitrogen and oxygen atoms in total. The summed E-state index contributed by atoms with van der Waals surface area (Å²) in [5, 5.41) is 14.8. The van der Waals surface area contributed by atoms with Crippen molar-refractivity contribution in [3.8, 4) is 11.1 Å². The van der Waals surface area contributed by atoms with E-state index in [-0.39, 0.29) is 42.9 Å². The number of hydrogen-bond donors (Lipinski definition) is 3. The summed E-state index contributed by atoms with van der Waals surface area (Å²) in [6, 6.07) is 16.1. The van der Waals surface area contributed by atoms with Crippen LogP contribution in [0.5, 0.6) is 0 Å². The molecule has 7 heteroatoms. The molecule has 0 radical (unpaired) electrons. The van der Waals surface area contributed by atoms with Crippen molar-refractivity contribution < 1.29 is 24.2 Å². The third kappa shape index (κ3) is 6.21. The van der Waals surface area contributed by atoms with E-state index in [2.05, 4.69) is 34.9 Å². The first-order valence-electron chi connectivity index (χ1n) is 12.6. The lowest BCUT2D eigenvalue weighted by atomic mass is 9.78. The van der Waals surface area contributed by atoms with Crippen LogP contribution in [0.2, 0.25) is 0 Å². The minimum Gasteiger partial charge on any atom is -0.481 e. The van der Waals surface area contributed by atoms with Gasteiger partial charge in [-0.05, 0) is 47.4 Å². The molecule has 4 rings (SSSR count). The number of carboxylic acids is 1. The molecule has 0 heterocycles. The molecule has 2 aromatic rings. The largest absolute Gasteiger partial charge is 0.481 e. The van der Waals surface area contributed by atoms with E-state index >= 15 is 0 Å². The van der Waals surface area contributed by atoms with Crippen LogP contribution < -0.4 is 10.6 Å². The fourth-order valence-electron chi connectivity index (χ4n) is 5.26. The molecule has 3 N–H and O–H groups in total. The van der Waals surface area contributed by atoms with Gasteiger partial charge in [0.2, 0.25) is 5.91 Å². The van der Waals surface area contributed by atoms with Gasteiger partial charge in [-0.3, -0.25) is 9.59 Å². The Morgan fingerprint density at radius 2 is 1.66 bits per heavy atom. The maximum Gasteiger partial charge on any atom is 0.407 e. The molecule has 2 aromatic carbocycles. The Bertz CT molecular complexity index is 1020. The molecule has 0 aromatic heterocycles. The van der Waals surface area contributed by atoms with Gasteiger partial charge >= 0.3 is 12.1 Å². The van der Waals surface area contributed by atoms with Gasteiger partial charge in [-0.15, -0.1) is 0 Å². The SMILES string of the molecule is CCCCC(CC(=O)O)NC(=O)CC1CC(NC(=O)OCC2c3ccccc3-c3ccccc32)C1. The summed E-state index contributed by atoms with van der Waals surface area (Å²) in [6.45, 7) is 2.32. The van der Waals surface area contributed by atoms with Gasteiger partial charge in [0.15, 0.2) is 0 Å². The number of benzene rings is 2. The summed E-state index contributed by atoms with van der Waals surface area (Å²) in [5.74, 6) is -0.803. The van der Waals surface area contributed by atoms with Crippen molar-refractivity contribution in [2.24, 2.45) is 5.92 Å². The maximum absolute atomic E-state index is 12.4. The minimum absolute atomic E-state index is 0.00152. The van der Waals surface area contributed by atoms with Gasteiger partial charge in [0.1, 0.15) is 6.61 Å². The molecule has 2 amide bonds. The zero-order valence-corrected chi connectivity index (χ0v) is 20.2. The Hall–Kier alpha value is -3.35. The summed E-state index contributed by atoms with van der Waals surface area (Å²) in [4.78, 5) is 35.8. The Morgan fingerprint density at radius 3 is 2.26 bits per heavy atom. The predicted molar refractivity (Wildman–Crippen MR) is 133 cm³/mol. The topological polar surface area (TPSA) is 105 Å². The van der Waals surface area contributed by atoms with Crippen molar-refractivity contribution >= 4 is 18.0 Å². The average molecular weight is 479 g/mol. The van der Waals surface area contributed by atoms with Gasteiger partial charge in [-0.1, -0.05) is 68.3 Å². The monoisotopic (exact) mass is 478 g/mol. The molecule has 1 unspecified atom stereocenters. The molecule has 2 aliphatic carbocycles. The molecule has 1 atom stereocenters. The van der Waals surface area contributed by atoms with Crippen LogP contribution in [0.1, 0.15) is 68.9 Å². The van der Waals surface area contributed by atoms with Gasteiger partial charge in [-0.25, -0.2) is 4.79 Å². The highest BCUT2D eigenvalue weighted by atomic mass is 16.5. The fraction of sp³-hybridized carbons (Fsp3) is 0.464. The minimum atomic E-state index is -0.901. The summed E-state index contributed by atoms with van der Waals surface area (Å²) in [7, 11) is 0. The van der Waals surface area contributed by atoms with E-state index in [0.717, 1.165) is 25.7 Å². The number of unbranched alkanes of at least 4 members (excludes halogenated alkanes) is 1. The second kappa shape index (κ2) is 11.4. The molecule has 0 spiro atoms. The number of alkyl carbamates (subject to hydrolysis) is 1. The van der Waals surface area contributed by atoms with Crippen LogP contribution in [0.25, 0.3) is 11.1 Å². The van der Waals surface area contributed by atoms with Crippen LogP contribution >= 0.6 is 0 Å². The van der Waals surface area contributed by atoms with Crippen LogP contribution in [-0.4, -0.2) is 41.8 Å². The lowest BCUT2D eigenvalue weighted by molar-refractivity contribution is -0.137. The van der Waals surface area contributed by atoms with Crippen LogP contribution in [0.3, 0.4) is 0 Å². The first kappa shape index (κ1) is 24.8. The lowest BCUT2D eigenvalue weighted by Gasteiger charge is -2.35. The van der Waals surface area contributed by atoms with E-state index < -0.39 is 12.1 Å². The van der Waals surface area contributed by atoms with E-state index in [0.29, 0.717) is 12.8 Å². The van der Waals surface area contributed by atoms with E-state index in [1.165, 1.54) is 22.3 Å². The lowest BCUT2D eigenvalue weighted by Crippen LogP contribution is -2.46. The van der Waals surface area contributed by atoms with E-state index in [9.17, 15) is 14.4 Å². The van der Waals surface area contributed by atoms with Gasteiger partial charge in [0.25, 0.3) is 0 Å². The summed E-state index contributed by atoms with van der Waals surface area (Å²) in [5.41, 5.74) is 4.74. The van der Waals surface area contributed by atoms with Gasteiger partial charge in [0, 0.05) is 24.4 Å². The van der Waals surface area contributed by atoms with Crippen molar-refractivity contribution in [1.82, 2.24) is 10.6 Å². The zero-order chi connectivity index (χ0) is 24.8. The van der Waals surface area contributed by atoms with Crippen molar-refractivity contribution in [2.45, 2.75) is 69.9 Å². The molecule has 0 bridgehead atoms. The second-order valence-electron chi connectivity index (χ2n) is 9.71. The first-order valence-corrected chi connectivity index (χ1v) is 12.6. The zero-order valence-electron chi connectivity index (χ0n) is 20.2. The number of nitrogens with one attached hydrogen (secondary N) is 2. The molecule has 1 saturated carbocycles. The van der Waals surface area contributed by atoms with Gasteiger partial charge in [0.05, 0.1) is 6.42 Å². The van der Waals surface area contributed by atoms with Crippen molar-refractivity contribution in [3.63, 3.8) is 0 Å². The van der Waals surface area contributed by atoms with Crippen molar-refractivity contribution in [1.29, 1.82) is 0 Å². The van der Waals surface area contributed by atoms with E-state index in [1.54, 1.807) is 0 Å². The van der Waals surface area contributed by atoms with Crippen molar-refractivity contribution in [3.05, 3.63) is 59.7 Å². The van der Waals surface area contributed by atoms with E-state index in [4.69, 9.17) is 9.84 Å². The smallest absolute Gasteiger partial charge is 0.407 e. The molecule has 35 heavy (non-hydrogen) atoms. The Morgan fingerprint density at radius 1 is 1.03 bits per heavy atom. The highest BCUT2D eigenvalue weighted by Gasteiger charge is 2.33. The second-order valence-corrected chi connectivity index (χ2v) is 9.71. The molecule has 1 fully saturated rings. The Balaban J connectivity index is 1.19. The van der Waals surface area contributed by atoms with Crippen LogP contribution in [0, 0.1) is 5.92 Å². The fourth-order valence-corrected chi connectivity index (χ4v) is 5.26. The standard InChI is InChI=1S/C28H34N2O5/c1-2-3-8-19(16-27(32)33)29-26(31)15-18-13-20(14-18)30-28(34)35-17-25-23-11-6-4-9-21(23)22-10-5-7-12-24(22)25/h4-7,9-12,18-20,25H,2-3,8,13-17H2,1H3,(H,29,31)(H,30,34)(H,32,33). The van der Waals surface area contributed by atoms with Crippen LogP contribution in [0.4, 0.5) is 4.79 Å². The number of carbonyl (C=O) groups is 3. The predicted octanol–water partition coefficient (Wildman–Crippen LogP) is 4.84. The number of amides is 2. The number of hydrogen-bond acceptors (Lipinski definition) is 4. The Kier molecular flexibility index (Phi) is 8.06. The summed E-state index contributed by atoms with van der Waals surface area (Å²) in [6.07, 6.45) is 3.82. The maximum atomic E-state index is 12.4. The average Bonchev–Trinajstić information content (AvgIpc) is 3.13. The third-order valence-electron chi connectivity index (χ3n) is 7.07. The van der Waals surface area contributed by atoms with E-state index in [1.807, 2.05) is 31.2 Å².